The Kier molecular flexibility index (Phi) is 8.07. The van der Waals surface area contributed by atoms with Crippen LogP contribution in [-0.4, -0.2) is 40.7 Å². The van der Waals surface area contributed by atoms with Gasteiger partial charge in [0, 0.05) is 11.6 Å². The summed E-state index contributed by atoms with van der Waals surface area (Å²) in [6, 6.07) is 17.2. The summed E-state index contributed by atoms with van der Waals surface area (Å²) in [5, 5.41) is 10.8. The van der Waals surface area contributed by atoms with E-state index in [4.69, 9.17) is 14.2 Å². The molecule has 0 aliphatic carbocycles. The SMILES string of the molecule is CCOc1cc(/C=C2\SC(=O)N(Cc3ccccc3[N+](=O)[O-])C2=O)ccc1OC(=O)c1ccc(OC)cc1. The fraction of sp³-hybridized carbons (Fsp3) is 0.148. The van der Waals surface area contributed by atoms with Gasteiger partial charge in [0.2, 0.25) is 0 Å². The number of nitrogens with zero attached hydrogens (tertiary/aromatic N) is 2. The molecular formula is C27H22N2O8S. The van der Waals surface area contributed by atoms with Gasteiger partial charge in [0.1, 0.15) is 5.75 Å². The minimum Gasteiger partial charge on any atom is -0.497 e. The molecule has 11 heteroatoms. The molecular weight excluding hydrogens is 512 g/mol. The summed E-state index contributed by atoms with van der Waals surface area (Å²) in [7, 11) is 1.53. The molecule has 38 heavy (non-hydrogen) atoms. The summed E-state index contributed by atoms with van der Waals surface area (Å²) in [6.07, 6.45) is 1.52. The number of thioether (sulfide) groups is 1. The number of carbonyl (C=O) groups excluding carboxylic acids is 3. The highest BCUT2D eigenvalue weighted by atomic mass is 32.2. The molecule has 1 fully saturated rings. The maximum Gasteiger partial charge on any atom is 0.343 e. The minimum absolute atomic E-state index is 0.152. The van der Waals surface area contributed by atoms with Gasteiger partial charge in [0.05, 0.1) is 35.7 Å². The summed E-state index contributed by atoms with van der Waals surface area (Å²) in [5.74, 6) is -0.0764. The number of ether oxygens (including phenoxy) is 3. The lowest BCUT2D eigenvalue weighted by Crippen LogP contribution is -2.27. The van der Waals surface area contributed by atoms with Crippen LogP contribution >= 0.6 is 11.8 Å². The first kappa shape index (κ1) is 26.4. The predicted octanol–water partition coefficient (Wildman–Crippen LogP) is 5.46. The average Bonchev–Trinajstić information content (AvgIpc) is 3.17. The topological polar surface area (TPSA) is 125 Å². The average molecular weight is 535 g/mol. The number of carbonyl (C=O) groups is 3. The van der Waals surface area contributed by atoms with Gasteiger partial charge in [-0.25, -0.2) is 4.79 Å². The van der Waals surface area contributed by atoms with Gasteiger partial charge in [-0.15, -0.1) is 0 Å². The fourth-order valence-electron chi connectivity index (χ4n) is 3.63. The first-order chi connectivity index (χ1) is 18.3. The van der Waals surface area contributed by atoms with Gasteiger partial charge in [0.15, 0.2) is 11.5 Å². The van der Waals surface area contributed by atoms with E-state index in [0.717, 1.165) is 16.7 Å². The number of nitro groups is 1. The van der Waals surface area contributed by atoms with Crippen molar-refractivity contribution in [1.82, 2.24) is 4.90 Å². The highest BCUT2D eigenvalue weighted by molar-refractivity contribution is 8.18. The molecule has 0 atom stereocenters. The van der Waals surface area contributed by atoms with Crippen molar-refractivity contribution in [2.75, 3.05) is 13.7 Å². The summed E-state index contributed by atoms with van der Waals surface area (Å²) < 4.78 is 16.3. The standard InChI is InChI=1S/C27H22N2O8S/c1-3-36-23-14-17(8-13-22(23)37-26(31)18-9-11-20(35-2)12-10-18)15-24-25(30)28(27(32)38-24)16-19-6-4-5-7-21(19)29(33)34/h4-15H,3,16H2,1-2H3/b24-15-. The third-order valence-corrected chi connectivity index (χ3v) is 6.39. The van der Waals surface area contributed by atoms with E-state index in [1.54, 1.807) is 49.4 Å². The Labute approximate surface area is 221 Å². The lowest BCUT2D eigenvalue weighted by atomic mass is 10.1. The second-order valence-corrected chi connectivity index (χ2v) is 8.90. The molecule has 1 aliphatic rings. The summed E-state index contributed by atoms with van der Waals surface area (Å²) in [5.41, 5.74) is 0.943. The molecule has 0 aromatic heterocycles. The van der Waals surface area contributed by atoms with E-state index in [9.17, 15) is 24.5 Å². The smallest absolute Gasteiger partial charge is 0.343 e. The molecule has 1 saturated heterocycles. The summed E-state index contributed by atoms with van der Waals surface area (Å²) in [6.45, 7) is 1.85. The van der Waals surface area contributed by atoms with E-state index in [0.29, 0.717) is 23.5 Å². The number of hydrogen-bond donors (Lipinski definition) is 0. The highest BCUT2D eigenvalue weighted by Crippen LogP contribution is 2.36. The van der Waals surface area contributed by atoms with Crippen molar-refractivity contribution < 1.29 is 33.5 Å². The second-order valence-electron chi connectivity index (χ2n) is 7.91. The zero-order valence-corrected chi connectivity index (χ0v) is 21.2. The van der Waals surface area contributed by atoms with Crippen molar-refractivity contribution in [2.24, 2.45) is 0 Å². The summed E-state index contributed by atoms with van der Waals surface area (Å²) >= 11 is 0.737. The van der Waals surface area contributed by atoms with Crippen molar-refractivity contribution in [3.8, 4) is 17.2 Å². The van der Waals surface area contributed by atoms with E-state index in [1.165, 1.54) is 37.5 Å². The predicted molar refractivity (Wildman–Crippen MR) is 140 cm³/mol. The first-order valence-corrected chi connectivity index (χ1v) is 12.2. The number of rotatable bonds is 9. The van der Waals surface area contributed by atoms with E-state index < -0.39 is 22.0 Å². The highest BCUT2D eigenvalue weighted by Gasteiger charge is 2.36. The van der Waals surface area contributed by atoms with Crippen LogP contribution in [0.25, 0.3) is 6.08 Å². The van der Waals surface area contributed by atoms with Crippen LogP contribution in [0.1, 0.15) is 28.4 Å². The Balaban J connectivity index is 1.54. The van der Waals surface area contributed by atoms with Gasteiger partial charge in [0.25, 0.3) is 16.8 Å². The molecule has 0 bridgehead atoms. The van der Waals surface area contributed by atoms with Crippen LogP contribution in [0, 0.1) is 10.1 Å². The molecule has 0 unspecified atom stereocenters. The molecule has 1 heterocycles. The van der Waals surface area contributed by atoms with Crippen molar-refractivity contribution in [3.05, 3.63) is 98.4 Å². The minimum atomic E-state index is -0.586. The van der Waals surface area contributed by atoms with E-state index in [1.807, 2.05) is 0 Å². The molecule has 194 valence electrons. The quantitative estimate of drug-likeness (QED) is 0.116. The van der Waals surface area contributed by atoms with E-state index in [-0.39, 0.29) is 34.2 Å². The number of methoxy groups -OCH3 is 1. The Morgan fingerprint density at radius 2 is 1.79 bits per heavy atom. The molecule has 0 saturated carbocycles. The first-order valence-electron chi connectivity index (χ1n) is 11.4. The van der Waals surface area contributed by atoms with E-state index >= 15 is 0 Å². The number of esters is 1. The van der Waals surface area contributed by atoms with Crippen LogP contribution in [0.2, 0.25) is 0 Å². The molecule has 0 N–H and O–H groups in total. The third kappa shape index (κ3) is 5.84. The van der Waals surface area contributed by atoms with Crippen LogP contribution < -0.4 is 14.2 Å². The molecule has 1 aliphatic heterocycles. The van der Waals surface area contributed by atoms with Gasteiger partial charge in [-0.2, -0.15) is 0 Å². The monoisotopic (exact) mass is 534 g/mol. The molecule has 0 radical (unpaired) electrons. The van der Waals surface area contributed by atoms with Gasteiger partial charge in [-0.1, -0.05) is 24.3 Å². The number of imide groups is 1. The van der Waals surface area contributed by atoms with Gasteiger partial charge in [-0.3, -0.25) is 24.6 Å². The van der Waals surface area contributed by atoms with Crippen LogP contribution in [0.4, 0.5) is 10.5 Å². The second kappa shape index (κ2) is 11.6. The number of amides is 2. The Morgan fingerprint density at radius 1 is 1.05 bits per heavy atom. The summed E-state index contributed by atoms with van der Waals surface area (Å²) in [4.78, 5) is 50.0. The van der Waals surface area contributed by atoms with Gasteiger partial charge >= 0.3 is 5.97 Å². The Bertz CT molecular complexity index is 1440. The number of hydrogen-bond acceptors (Lipinski definition) is 9. The van der Waals surface area contributed by atoms with Crippen LogP contribution in [0.15, 0.2) is 71.6 Å². The van der Waals surface area contributed by atoms with Crippen LogP contribution in [0.5, 0.6) is 17.2 Å². The zero-order valence-electron chi connectivity index (χ0n) is 20.4. The molecule has 3 aromatic rings. The van der Waals surface area contributed by atoms with Crippen molar-refractivity contribution >= 4 is 40.6 Å². The van der Waals surface area contributed by atoms with E-state index in [2.05, 4.69) is 0 Å². The van der Waals surface area contributed by atoms with Crippen molar-refractivity contribution in [1.29, 1.82) is 0 Å². The third-order valence-electron chi connectivity index (χ3n) is 5.48. The zero-order chi connectivity index (χ0) is 27.2. The van der Waals surface area contributed by atoms with Crippen molar-refractivity contribution in [3.63, 3.8) is 0 Å². The lowest BCUT2D eigenvalue weighted by Gasteiger charge is -2.13. The van der Waals surface area contributed by atoms with Crippen molar-refractivity contribution in [2.45, 2.75) is 13.5 Å². The maximum absolute atomic E-state index is 13.0. The normalized spacial score (nSPS) is 14.1. The van der Waals surface area contributed by atoms with Crippen LogP contribution in [0.3, 0.4) is 0 Å². The number of para-hydroxylation sites is 1. The van der Waals surface area contributed by atoms with Crippen LogP contribution in [-0.2, 0) is 11.3 Å². The molecule has 0 spiro atoms. The molecule has 10 nitrogen and oxygen atoms in total. The lowest BCUT2D eigenvalue weighted by molar-refractivity contribution is -0.385. The Hall–Kier alpha value is -4.64. The Morgan fingerprint density at radius 3 is 2.47 bits per heavy atom. The molecule has 2 amide bonds. The fourth-order valence-corrected chi connectivity index (χ4v) is 4.47. The number of nitro benzene ring substituents is 1. The molecule has 4 rings (SSSR count). The number of benzene rings is 3. The largest absolute Gasteiger partial charge is 0.497 e. The molecule has 3 aromatic carbocycles. The van der Waals surface area contributed by atoms with Gasteiger partial charge < -0.3 is 14.2 Å². The maximum atomic E-state index is 13.0. The van der Waals surface area contributed by atoms with Gasteiger partial charge in [-0.05, 0) is 66.7 Å².